The van der Waals surface area contributed by atoms with E-state index in [1.54, 1.807) is 30.3 Å². The van der Waals surface area contributed by atoms with Crippen molar-refractivity contribution in [3.05, 3.63) is 82.9 Å². The Morgan fingerprint density at radius 1 is 1.07 bits per heavy atom. The van der Waals surface area contributed by atoms with Crippen molar-refractivity contribution >= 4 is 27.3 Å². The average Bonchev–Trinajstić information content (AvgIpc) is 2.74. The molecule has 0 spiro atoms. The van der Waals surface area contributed by atoms with Crippen molar-refractivity contribution < 1.29 is 17.9 Å². The molecular weight excluding hydrogens is 406 g/mol. The monoisotopic (exact) mass is 425 g/mol. The number of hydrogen-bond donors (Lipinski definition) is 1. The topological polar surface area (TPSA) is 115 Å². The van der Waals surface area contributed by atoms with Crippen LogP contribution in [0.1, 0.15) is 29.8 Å². The second kappa shape index (κ2) is 8.83. The molecule has 30 heavy (non-hydrogen) atoms. The molecule has 9 heteroatoms. The summed E-state index contributed by atoms with van der Waals surface area (Å²) in [6.07, 6.45) is 1.04. The maximum Gasteiger partial charge on any atom is 0.263 e. The first-order chi connectivity index (χ1) is 14.3. The fourth-order valence-electron chi connectivity index (χ4n) is 2.66. The Kier molecular flexibility index (Phi) is 6.22. The van der Waals surface area contributed by atoms with Gasteiger partial charge in [-0.3, -0.25) is 9.52 Å². The number of sulfonamides is 1. The van der Waals surface area contributed by atoms with Crippen molar-refractivity contribution in [2.45, 2.75) is 24.8 Å². The highest BCUT2D eigenvalue weighted by molar-refractivity contribution is 7.92. The molecule has 0 aliphatic rings. The number of rotatable bonds is 8. The van der Waals surface area contributed by atoms with Crippen LogP contribution in [0.25, 0.3) is 0 Å². The summed E-state index contributed by atoms with van der Waals surface area (Å²) in [6.45, 7) is 3.72. The quantitative estimate of drug-likeness (QED) is 0.425. The minimum Gasteiger partial charge on any atom is -0.491 e. The summed E-state index contributed by atoms with van der Waals surface area (Å²) in [5.74, 6) is -0.158. The van der Waals surface area contributed by atoms with E-state index in [1.165, 1.54) is 30.3 Å². The number of carbonyl (C=O) groups is 1. The van der Waals surface area contributed by atoms with Gasteiger partial charge in [0.25, 0.3) is 10.0 Å². The van der Waals surface area contributed by atoms with Gasteiger partial charge in [-0.1, -0.05) is 30.3 Å². The number of hydrogen-bond acceptors (Lipinski definition) is 7. The van der Waals surface area contributed by atoms with Crippen LogP contribution in [-0.2, 0) is 10.0 Å². The van der Waals surface area contributed by atoms with Gasteiger partial charge >= 0.3 is 0 Å². The van der Waals surface area contributed by atoms with Gasteiger partial charge in [0.1, 0.15) is 11.4 Å². The highest BCUT2D eigenvalue weighted by atomic mass is 32.2. The van der Waals surface area contributed by atoms with Crippen molar-refractivity contribution in [1.29, 1.82) is 0 Å². The first-order valence-corrected chi connectivity index (χ1v) is 10.5. The van der Waals surface area contributed by atoms with Gasteiger partial charge in [-0.2, -0.15) is 0 Å². The molecule has 1 N–H and O–H groups in total. The standard InChI is InChI=1S/C21H19N3O5S/c1-14(2)29-17-8-10-18(11-9-17)30(27,28)24-21-19(12-16(23-26)13-22-21)20(25)15-6-4-3-5-7-15/h3-14H,1-2H3,(H,22,24). The van der Waals surface area contributed by atoms with Crippen molar-refractivity contribution in [3.8, 4) is 5.75 Å². The SMILES string of the molecule is CC(C)Oc1ccc(S(=O)(=O)Nc2ncc(N=O)cc2C(=O)c2ccccc2)cc1. The van der Waals surface area contributed by atoms with Crippen LogP contribution in [0.2, 0.25) is 0 Å². The molecule has 1 aromatic heterocycles. The Morgan fingerprint density at radius 2 is 1.73 bits per heavy atom. The molecule has 2 aromatic carbocycles. The molecule has 0 bridgehead atoms. The zero-order valence-electron chi connectivity index (χ0n) is 16.3. The first-order valence-electron chi connectivity index (χ1n) is 9.03. The molecule has 0 fully saturated rings. The summed E-state index contributed by atoms with van der Waals surface area (Å²) in [7, 11) is -4.05. The molecule has 3 aromatic rings. The predicted octanol–water partition coefficient (Wildman–Crippen LogP) is 4.30. The molecule has 0 saturated heterocycles. The predicted molar refractivity (Wildman–Crippen MR) is 113 cm³/mol. The average molecular weight is 425 g/mol. The van der Waals surface area contributed by atoms with Crippen molar-refractivity contribution in [2.24, 2.45) is 5.18 Å². The van der Waals surface area contributed by atoms with Gasteiger partial charge in [-0.25, -0.2) is 13.4 Å². The zero-order chi connectivity index (χ0) is 21.7. The number of nitrogens with one attached hydrogen (secondary N) is 1. The number of benzene rings is 2. The van der Waals surface area contributed by atoms with Crippen molar-refractivity contribution in [2.75, 3.05) is 4.72 Å². The summed E-state index contributed by atoms with van der Waals surface area (Å²) in [5, 5.41) is 2.78. The summed E-state index contributed by atoms with van der Waals surface area (Å²) >= 11 is 0. The molecule has 1 heterocycles. The highest BCUT2D eigenvalue weighted by Gasteiger charge is 2.22. The van der Waals surface area contributed by atoms with Gasteiger partial charge in [-0.05, 0) is 49.4 Å². The molecule has 0 aliphatic heterocycles. The van der Waals surface area contributed by atoms with E-state index >= 15 is 0 Å². The van der Waals surface area contributed by atoms with E-state index in [0.717, 1.165) is 6.20 Å². The third-order valence-corrected chi connectivity index (χ3v) is 5.35. The van der Waals surface area contributed by atoms with E-state index in [9.17, 15) is 18.1 Å². The van der Waals surface area contributed by atoms with Crippen molar-refractivity contribution in [1.82, 2.24) is 4.98 Å². The van der Waals surface area contributed by atoms with Crippen LogP contribution >= 0.6 is 0 Å². The lowest BCUT2D eigenvalue weighted by atomic mass is 10.0. The second-order valence-electron chi connectivity index (χ2n) is 6.62. The Labute approximate surface area is 174 Å². The minimum absolute atomic E-state index is 0.0314. The Balaban J connectivity index is 1.95. The fraction of sp³-hybridized carbons (Fsp3) is 0.143. The fourth-order valence-corrected chi connectivity index (χ4v) is 3.69. The third kappa shape index (κ3) is 4.87. The van der Waals surface area contributed by atoms with E-state index in [1.807, 2.05) is 13.8 Å². The summed E-state index contributed by atoms with van der Waals surface area (Å²) in [5.41, 5.74) is 0.145. The van der Waals surface area contributed by atoms with Gasteiger partial charge in [0.2, 0.25) is 0 Å². The molecule has 8 nitrogen and oxygen atoms in total. The number of anilines is 1. The van der Waals surface area contributed by atoms with Crippen LogP contribution in [0.15, 0.2) is 76.9 Å². The number of aromatic nitrogens is 1. The molecule has 0 radical (unpaired) electrons. The van der Waals surface area contributed by atoms with Crippen LogP contribution in [0.5, 0.6) is 5.75 Å². The Hall–Kier alpha value is -3.59. The largest absolute Gasteiger partial charge is 0.491 e. The number of ether oxygens (including phenoxy) is 1. The number of carbonyl (C=O) groups excluding carboxylic acids is 1. The number of pyridine rings is 1. The lowest BCUT2D eigenvalue weighted by Gasteiger charge is -2.13. The maximum absolute atomic E-state index is 12.9. The normalized spacial score (nSPS) is 11.2. The van der Waals surface area contributed by atoms with Crippen molar-refractivity contribution in [3.63, 3.8) is 0 Å². The third-order valence-electron chi connectivity index (χ3n) is 4.00. The molecule has 3 rings (SSSR count). The summed E-state index contributed by atoms with van der Waals surface area (Å²) < 4.78 is 33.5. The molecule has 0 amide bonds. The van der Waals surface area contributed by atoms with Crippen LogP contribution in [0.3, 0.4) is 0 Å². The molecular formula is C21H19N3O5S. The number of nitrogens with zero attached hydrogens (tertiary/aromatic N) is 2. The van der Waals surface area contributed by atoms with Gasteiger partial charge in [0.15, 0.2) is 11.6 Å². The molecule has 154 valence electrons. The van der Waals surface area contributed by atoms with E-state index in [4.69, 9.17) is 4.74 Å². The summed E-state index contributed by atoms with van der Waals surface area (Å²) in [4.78, 5) is 27.7. The van der Waals surface area contributed by atoms with Crippen LogP contribution in [0.4, 0.5) is 11.5 Å². The zero-order valence-corrected chi connectivity index (χ0v) is 17.1. The molecule has 0 aliphatic carbocycles. The second-order valence-corrected chi connectivity index (χ2v) is 8.30. The Morgan fingerprint density at radius 3 is 2.33 bits per heavy atom. The number of ketones is 1. The van der Waals surface area contributed by atoms with Gasteiger partial charge in [0.05, 0.1) is 22.8 Å². The van der Waals surface area contributed by atoms with Gasteiger partial charge in [0, 0.05) is 5.56 Å². The van der Waals surface area contributed by atoms with Crippen LogP contribution < -0.4 is 9.46 Å². The van der Waals surface area contributed by atoms with Gasteiger partial charge < -0.3 is 4.74 Å². The van der Waals surface area contributed by atoms with E-state index in [0.29, 0.717) is 11.3 Å². The minimum atomic E-state index is -4.05. The molecule has 0 unspecified atom stereocenters. The molecule has 0 saturated carbocycles. The molecule has 0 atom stereocenters. The smallest absolute Gasteiger partial charge is 0.263 e. The van der Waals surface area contributed by atoms with Crippen LogP contribution in [0, 0.1) is 4.91 Å². The highest BCUT2D eigenvalue weighted by Crippen LogP contribution is 2.25. The van der Waals surface area contributed by atoms with E-state index < -0.39 is 15.8 Å². The summed E-state index contributed by atoms with van der Waals surface area (Å²) in [6, 6.07) is 15.3. The maximum atomic E-state index is 12.9. The van der Waals surface area contributed by atoms with Gasteiger partial charge in [-0.15, -0.1) is 4.91 Å². The van der Waals surface area contributed by atoms with Crippen LogP contribution in [-0.4, -0.2) is 25.3 Å². The Bertz CT molecular complexity index is 1160. The van der Waals surface area contributed by atoms with E-state index in [-0.39, 0.29) is 28.1 Å². The lowest BCUT2D eigenvalue weighted by Crippen LogP contribution is -2.17. The lowest BCUT2D eigenvalue weighted by molar-refractivity contribution is 0.103. The van der Waals surface area contributed by atoms with E-state index in [2.05, 4.69) is 14.9 Å². The first kappa shape index (κ1) is 21.1. The number of nitroso groups, excluding NO2 is 1.